The molecule has 0 aromatic carbocycles. The van der Waals surface area contributed by atoms with Crippen LogP contribution in [0.4, 0.5) is 11.5 Å². The Bertz CT molecular complexity index is 362. The number of aromatic nitrogens is 2. The van der Waals surface area contributed by atoms with Gasteiger partial charge >= 0.3 is 0 Å². The van der Waals surface area contributed by atoms with E-state index in [1.165, 1.54) is 0 Å². The number of aliphatic hydroxyl groups is 1. The summed E-state index contributed by atoms with van der Waals surface area (Å²) >= 11 is 0. The molecule has 0 spiro atoms. The quantitative estimate of drug-likeness (QED) is 0.691. The van der Waals surface area contributed by atoms with Crippen molar-refractivity contribution in [3.05, 3.63) is 5.69 Å². The van der Waals surface area contributed by atoms with E-state index in [4.69, 9.17) is 10.8 Å². The SMILES string of the molecule is CCCc1nn(C)c(N(C)CCCCCO)c1N. The number of rotatable bonds is 8. The number of nitrogens with two attached hydrogens (primary N) is 1. The van der Waals surface area contributed by atoms with Crippen molar-refractivity contribution in [3.8, 4) is 0 Å². The van der Waals surface area contributed by atoms with Gasteiger partial charge in [-0.3, -0.25) is 4.68 Å². The van der Waals surface area contributed by atoms with E-state index in [-0.39, 0.29) is 6.61 Å². The van der Waals surface area contributed by atoms with Crippen molar-refractivity contribution in [2.75, 3.05) is 30.8 Å². The summed E-state index contributed by atoms with van der Waals surface area (Å²) in [5.41, 5.74) is 7.96. The van der Waals surface area contributed by atoms with Crippen molar-refractivity contribution in [2.45, 2.75) is 39.0 Å². The van der Waals surface area contributed by atoms with Crippen LogP contribution in [0, 0.1) is 0 Å². The number of hydrogen-bond donors (Lipinski definition) is 2. The zero-order valence-electron chi connectivity index (χ0n) is 11.8. The number of hydrogen-bond acceptors (Lipinski definition) is 4. The van der Waals surface area contributed by atoms with E-state index in [0.717, 1.165) is 55.8 Å². The second-order valence-electron chi connectivity index (χ2n) is 4.76. The Balaban J connectivity index is 2.64. The van der Waals surface area contributed by atoms with Crippen LogP contribution in [0.2, 0.25) is 0 Å². The van der Waals surface area contributed by atoms with Gasteiger partial charge in [0, 0.05) is 27.2 Å². The van der Waals surface area contributed by atoms with Crippen LogP contribution in [0.25, 0.3) is 0 Å². The van der Waals surface area contributed by atoms with E-state index < -0.39 is 0 Å². The van der Waals surface area contributed by atoms with Gasteiger partial charge in [0.2, 0.25) is 0 Å². The van der Waals surface area contributed by atoms with E-state index in [2.05, 4.69) is 16.9 Å². The third kappa shape index (κ3) is 3.63. The zero-order chi connectivity index (χ0) is 13.5. The molecule has 0 aliphatic rings. The fraction of sp³-hybridized carbons (Fsp3) is 0.769. The highest BCUT2D eigenvalue weighted by Crippen LogP contribution is 2.26. The number of anilines is 2. The van der Waals surface area contributed by atoms with Gasteiger partial charge in [-0.05, 0) is 25.7 Å². The molecule has 3 N–H and O–H groups in total. The number of aryl methyl sites for hydroxylation is 2. The van der Waals surface area contributed by atoms with Crippen LogP contribution in [-0.4, -0.2) is 35.1 Å². The summed E-state index contributed by atoms with van der Waals surface area (Å²) in [6.45, 7) is 3.35. The smallest absolute Gasteiger partial charge is 0.150 e. The van der Waals surface area contributed by atoms with E-state index in [1.54, 1.807) is 0 Å². The molecule has 0 atom stereocenters. The molecule has 1 aromatic rings. The predicted octanol–water partition coefficient (Wildman–Crippen LogP) is 1.55. The maximum Gasteiger partial charge on any atom is 0.150 e. The Kier molecular flexibility index (Phi) is 5.98. The topological polar surface area (TPSA) is 67.3 Å². The molecule has 0 aliphatic heterocycles. The summed E-state index contributed by atoms with van der Waals surface area (Å²) in [5, 5.41) is 13.2. The maximum absolute atomic E-state index is 8.75. The second kappa shape index (κ2) is 7.26. The number of nitrogen functional groups attached to an aromatic ring is 1. The van der Waals surface area contributed by atoms with Gasteiger partial charge in [0.05, 0.1) is 11.4 Å². The highest BCUT2D eigenvalue weighted by molar-refractivity contribution is 5.66. The summed E-state index contributed by atoms with van der Waals surface area (Å²) < 4.78 is 1.87. The molecule has 0 unspecified atom stereocenters. The molecule has 1 heterocycles. The predicted molar refractivity (Wildman–Crippen MR) is 75.8 cm³/mol. The monoisotopic (exact) mass is 254 g/mol. The van der Waals surface area contributed by atoms with Crippen LogP contribution >= 0.6 is 0 Å². The van der Waals surface area contributed by atoms with Gasteiger partial charge in [0.25, 0.3) is 0 Å². The molecule has 1 aromatic heterocycles. The third-order valence-corrected chi connectivity index (χ3v) is 3.13. The van der Waals surface area contributed by atoms with Crippen molar-refractivity contribution >= 4 is 11.5 Å². The van der Waals surface area contributed by atoms with Crippen molar-refractivity contribution in [1.82, 2.24) is 9.78 Å². The summed E-state index contributed by atoms with van der Waals surface area (Å²) in [5.74, 6) is 1.00. The Morgan fingerprint density at radius 3 is 2.67 bits per heavy atom. The Hall–Kier alpha value is -1.23. The lowest BCUT2D eigenvalue weighted by Crippen LogP contribution is -2.22. The molecular weight excluding hydrogens is 228 g/mol. The van der Waals surface area contributed by atoms with Gasteiger partial charge < -0.3 is 15.7 Å². The molecule has 104 valence electrons. The van der Waals surface area contributed by atoms with E-state index in [1.807, 2.05) is 18.8 Å². The summed E-state index contributed by atoms with van der Waals surface area (Å²) in [6, 6.07) is 0. The minimum absolute atomic E-state index is 0.276. The van der Waals surface area contributed by atoms with Crippen LogP contribution in [0.15, 0.2) is 0 Å². The zero-order valence-corrected chi connectivity index (χ0v) is 11.8. The molecular formula is C13H26N4O. The highest BCUT2D eigenvalue weighted by atomic mass is 16.2. The molecule has 5 nitrogen and oxygen atoms in total. The average molecular weight is 254 g/mol. The molecule has 0 fully saturated rings. The van der Waals surface area contributed by atoms with Crippen molar-refractivity contribution in [2.24, 2.45) is 7.05 Å². The minimum atomic E-state index is 0.276. The largest absolute Gasteiger partial charge is 0.396 e. The first-order valence-corrected chi connectivity index (χ1v) is 6.75. The van der Waals surface area contributed by atoms with E-state index >= 15 is 0 Å². The van der Waals surface area contributed by atoms with E-state index in [9.17, 15) is 0 Å². The Morgan fingerprint density at radius 2 is 2.06 bits per heavy atom. The Morgan fingerprint density at radius 1 is 1.33 bits per heavy atom. The molecule has 0 saturated carbocycles. The van der Waals surface area contributed by atoms with Crippen LogP contribution in [0.1, 0.15) is 38.3 Å². The second-order valence-corrected chi connectivity index (χ2v) is 4.76. The summed E-state index contributed by atoms with van der Waals surface area (Å²) in [7, 11) is 3.98. The fourth-order valence-corrected chi connectivity index (χ4v) is 2.20. The lowest BCUT2D eigenvalue weighted by molar-refractivity contribution is 0.283. The molecule has 0 aliphatic carbocycles. The number of unbranched alkanes of at least 4 members (excludes halogenated alkanes) is 2. The molecule has 0 radical (unpaired) electrons. The lowest BCUT2D eigenvalue weighted by Gasteiger charge is -2.19. The molecule has 0 saturated heterocycles. The van der Waals surface area contributed by atoms with Crippen molar-refractivity contribution in [1.29, 1.82) is 0 Å². The van der Waals surface area contributed by atoms with Gasteiger partial charge in [-0.2, -0.15) is 5.10 Å². The van der Waals surface area contributed by atoms with Crippen molar-refractivity contribution in [3.63, 3.8) is 0 Å². The molecule has 0 bridgehead atoms. The molecule has 5 heteroatoms. The first-order valence-electron chi connectivity index (χ1n) is 6.75. The van der Waals surface area contributed by atoms with Gasteiger partial charge in [-0.15, -0.1) is 0 Å². The van der Waals surface area contributed by atoms with Gasteiger partial charge in [0.15, 0.2) is 0 Å². The van der Waals surface area contributed by atoms with Crippen LogP contribution in [-0.2, 0) is 13.5 Å². The van der Waals surface area contributed by atoms with Crippen LogP contribution < -0.4 is 10.6 Å². The maximum atomic E-state index is 8.75. The highest BCUT2D eigenvalue weighted by Gasteiger charge is 2.15. The first-order chi connectivity index (χ1) is 8.61. The third-order valence-electron chi connectivity index (χ3n) is 3.13. The minimum Gasteiger partial charge on any atom is -0.396 e. The number of aliphatic hydroxyl groups excluding tert-OH is 1. The van der Waals surface area contributed by atoms with Gasteiger partial charge in [0.1, 0.15) is 5.82 Å². The summed E-state index contributed by atoms with van der Waals surface area (Å²) in [4.78, 5) is 2.15. The normalized spacial score (nSPS) is 10.9. The molecule has 0 amide bonds. The van der Waals surface area contributed by atoms with Crippen molar-refractivity contribution < 1.29 is 5.11 Å². The van der Waals surface area contributed by atoms with Gasteiger partial charge in [-0.1, -0.05) is 13.3 Å². The fourth-order valence-electron chi connectivity index (χ4n) is 2.20. The van der Waals surface area contributed by atoms with Gasteiger partial charge in [-0.25, -0.2) is 0 Å². The molecule has 18 heavy (non-hydrogen) atoms. The lowest BCUT2D eigenvalue weighted by atomic mass is 10.2. The Labute approximate surface area is 110 Å². The van der Waals surface area contributed by atoms with E-state index in [0.29, 0.717) is 0 Å². The number of nitrogens with zero attached hydrogens (tertiary/aromatic N) is 3. The summed E-state index contributed by atoms with van der Waals surface area (Å²) in [6.07, 6.45) is 4.96. The van der Waals surface area contributed by atoms with Crippen LogP contribution in [0.5, 0.6) is 0 Å². The van der Waals surface area contributed by atoms with Crippen LogP contribution in [0.3, 0.4) is 0 Å². The first kappa shape index (κ1) is 14.8. The molecule has 1 rings (SSSR count). The average Bonchev–Trinajstić information content (AvgIpc) is 2.61. The standard InChI is InChI=1S/C13H26N4O/c1-4-8-11-12(14)13(17(3)15-11)16(2)9-6-5-7-10-18/h18H,4-10,14H2,1-3H3.